The molecular formula is C13H17FN4O. The number of ether oxygens (including phenoxy) is 1. The number of aryl methyl sites for hydroxylation is 1. The molecule has 2 rings (SSSR count). The molecule has 0 amide bonds. The number of halogens is 1. The van der Waals surface area contributed by atoms with E-state index in [2.05, 4.69) is 15.4 Å². The molecule has 0 fully saturated rings. The highest BCUT2D eigenvalue weighted by atomic mass is 19.1. The Kier molecular flexibility index (Phi) is 4.11. The smallest absolute Gasteiger partial charge is 0.165 e. The minimum Gasteiger partial charge on any atom is -0.494 e. The van der Waals surface area contributed by atoms with Gasteiger partial charge in [-0.3, -0.25) is 4.68 Å². The molecule has 6 heteroatoms. The number of benzene rings is 1. The lowest BCUT2D eigenvalue weighted by Gasteiger charge is -2.14. The molecule has 0 aliphatic heterocycles. The average molecular weight is 264 g/mol. The normalized spacial score (nSPS) is 12.4. The van der Waals surface area contributed by atoms with Crippen LogP contribution in [-0.2, 0) is 13.6 Å². The number of aromatic nitrogens is 3. The van der Waals surface area contributed by atoms with Crippen LogP contribution < -0.4 is 10.1 Å². The lowest BCUT2D eigenvalue weighted by atomic mass is 10.1. The predicted molar refractivity (Wildman–Crippen MR) is 69.2 cm³/mol. The first kappa shape index (κ1) is 13.5. The predicted octanol–water partition coefficient (Wildman–Crippen LogP) is 1.81. The Hall–Kier alpha value is -1.95. The van der Waals surface area contributed by atoms with Gasteiger partial charge in [0.25, 0.3) is 0 Å². The van der Waals surface area contributed by atoms with Crippen LogP contribution >= 0.6 is 0 Å². The van der Waals surface area contributed by atoms with Gasteiger partial charge in [0.2, 0.25) is 0 Å². The van der Waals surface area contributed by atoms with Crippen LogP contribution in [0.1, 0.15) is 24.4 Å². The highest BCUT2D eigenvalue weighted by Gasteiger charge is 2.10. The van der Waals surface area contributed by atoms with Crippen LogP contribution in [0, 0.1) is 5.82 Å². The molecular weight excluding hydrogens is 247 g/mol. The molecule has 0 bridgehead atoms. The van der Waals surface area contributed by atoms with Crippen LogP contribution in [0.5, 0.6) is 5.75 Å². The third kappa shape index (κ3) is 3.29. The fourth-order valence-electron chi connectivity index (χ4n) is 1.77. The van der Waals surface area contributed by atoms with Gasteiger partial charge >= 0.3 is 0 Å². The lowest BCUT2D eigenvalue weighted by Crippen LogP contribution is -2.19. The van der Waals surface area contributed by atoms with Crippen LogP contribution in [-0.4, -0.2) is 21.9 Å². The summed E-state index contributed by atoms with van der Waals surface area (Å²) in [6.07, 6.45) is 1.66. The van der Waals surface area contributed by atoms with Gasteiger partial charge in [0.05, 0.1) is 13.7 Å². The number of methoxy groups -OCH3 is 1. The Morgan fingerprint density at radius 1 is 1.47 bits per heavy atom. The van der Waals surface area contributed by atoms with Crippen LogP contribution in [0.2, 0.25) is 0 Å². The number of rotatable bonds is 5. The molecule has 0 radical (unpaired) electrons. The summed E-state index contributed by atoms with van der Waals surface area (Å²) >= 11 is 0. The van der Waals surface area contributed by atoms with Gasteiger partial charge in [-0.1, -0.05) is 6.07 Å². The maximum absolute atomic E-state index is 13.3. The summed E-state index contributed by atoms with van der Waals surface area (Å²) in [5.74, 6) is 0.621. The van der Waals surface area contributed by atoms with Crippen molar-refractivity contribution in [3.8, 4) is 5.75 Å². The summed E-state index contributed by atoms with van der Waals surface area (Å²) in [7, 11) is 3.28. The largest absolute Gasteiger partial charge is 0.494 e. The molecule has 102 valence electrons. The molecule has 19 heavy (non-hydrogen) atoms. The second-order valence-electron chi connectivity index (χ2n) is 4.33. The summed E-state index contributed by atoms with van der Waals surface area (Å²) in [6, 6.07) is 4.89. The van der Waals surface area contributed by atoms with Crippen LogP contribution in [0.25, 0.3) is 0 Å². The quantitative estimate of drug-likeness (QED) is 0.895. The number of hydrogen-bond donors (Lipinski definition) is 1. The van der Waals surface area contributed by atoms with Crippen LogP contribution in [0.3, 0.4) is 0 Å². The molecule has 0 saturated carbocycles. The second kappa shape index (κ2) is 5.79. The third-order valence-electron chi connectivity index (χ3n) is 2.89. The van der Waals surface area contributed by atoms with E-state index in [-0.39, 0.29) is 17.6 Å². The zero-order chi connectivity index (χ0) is 13.8. The van der Waals surface area contributed by atoms with Crippen molar-refractivity contribution in [1.82, 2.24) is 20.1 Å². The van der Waals surface area contributed by atoms with Crippen molar-refractivity contribution in [3.05, 3.63) is 41.7 Å². The Bertz CT molecular complexity index is 555. The van der Waals surface area contributed by atoms with E-state index in [0.717, 1.165) is 11.4 Å². The van der Waals surface area contributed by atoms with Crippen molar-refractivity contribution in [2.24, 2.45) is 7.05 Å². The van der Waals surface area contributed by atoms with E-state index in [1.165, 1.54) is 13.2 Å². The van der Waals surface area contributed by atoms with Crippen LogP contribution in [0.4, 0.5) is 4.39 Å². The number of hydrogen-bond acceptors (Lipinski definition) is 4. The Balaban J connectivity index is 2.01. The summed E-state index contributed by atoms with van der Waals surface area (Å²) in [5, 5.41) is 7.47. The van der Waals surface area contributed by atoms with Gasteiger partial charge < -0.3 is 10.1 Å². The van der Waals surface area contributed by atoms with Crippen molar-refractivity contribution >= 4 is 0 Å². The standard InChI is InChI=1S/C13H17FN4O/c1-9(15-7-13-16-8-18(2)17-13)10-4-5-11(14)12(6-10)19-3/h4-6,8-9,15H,7H2,1-3H3. The fraction of sp³-hybridized carbons (Fsp3) is 0.385. The fourth-order valence-corrected chi connectivity index (χ4v) is 1.77. The lowest BCUT2D eigenvalue weighted by molar-refractivity contribution is 0.385. The second-order valence-corrected chi connectivity index (χ2v) is 4.33. The monoisotopic (exact) mass is 264 g/mol. The van der Waals surface area contributed by atoms with E-state index in [1.54, 1.807) is 23.1 Å². The molecule has 1 atom stereocenters. The van der Waals surface area contributed by atoms with Crippen molar-refractivity contribution in [1.29, 1.82) is 0 Å². The van der Waals surface area contributed by atoms with E-state index in [9.17, 15) is 4.39 Å². The first-order valence-electron chi connectivity index (χ1n) is 6.01. The minimum absolute atomic E-state index is 0.0540. The molecule has 0 saturated heterocycles. The summed E-state index contributed by atoms with van der Waals surface area (Å²) in [4.78, 5) is 4.13. The highest BCUT2D eigenvalue weighted by Crippen LogP contribution is 2.22. The topological polar surface area (TPSA) is 52.0 Å². The Morgan fingerprint density at radius 2 is 2.26 bits per heavy atom. The van der Waals surface area contributed by atoms with E-state index in [0.29, 0.717) is 6.54 Å². The molecule has 1 unspecified atom stereocenters. The van der Waals surface area contributed by atoms with Crippen molar-refractivity contribution in [2.75, 3.05) is 7.11 Å². The Labute approximate surface area is 111 Å². The van der Waals surface area contributed by atoms with Gasteiger partial charge in [-0.2, -0.15) is 5.10 Å². The van der Waals surface area contributed by atoms with E-state index < -0.39 is 0 Å². The summed E-state index contributed by atoms with van der Waals surface area (Å²) < 4.78 is 19.9. The van der Waals surface area contributed by atoms with Gasteiger partial charge in [-0.15, -0.1) is 0 Å². The molecule has 1 N–H and O–H groups in total. The van der Waals surface area contributed by atoms with Crippen molar-refractivity contribution < 1.29 is 9.13 Å². The molecule has 0 spiro atoms. The van der Waals surface area contributed by atoms with E-state index in [4.69, 9.17) is 4.74 Å². The van der Waals surface area contributed by atoms with Gasteiger partial charge in [0.15, 0.2) is 17.4 Å². The molecule has 0 aliphatic carbocycles. The SMILES string of the molecule is COc1cc(C(C)NCc2ncn(C)n2)ccc1F. The minimum atomic E-state index is -0.357. The number of nitrogens with one attached hydrogen (secondary N) is 1. The number of nitrogens with zero attached hydrogens (tertiary/aromatic N) is 3. The third-order valence-corrected chi connectivity index (χ3v) is 2.89. The van der Waals surface area contributed by atoms with Gasteiger partial charge in [0.1, 0.15) is 6.33 Å². The molecule has 0 aliphatic rings. The molecule has 5 nitrogen and oxygen atoms in total. The zero-order valence-corrected chi connectivity index (χ0v) is 11.2. The van der Waals surface area contributed by atoms with Gasteiger partial charge in [0, 0.05) is 13.1 Å². The van der Waals surface area contributed by atoms with E-state index >= 15 is 0 Å². The Morgan fingerprint density at radius 3 is 2.89 bits per heavy atom. The first-order valence-corrected chi connectivity index (χ1v) is 6.01. The maximum atomic E-state index is 13.3. The molecule has 1 aromatic carbocycles. The highest BCUT2D eigenvalue weighted by molar-refractivity contribution is 5.31. The maximum Gasteiger partial charge on any atom is 0.165 e. The average Bonchev–Trinajstić information content (AvgIpc) is 2.82. The molecule has 1 heterocycles. The molecule has 1 aromatic heterocycles. The van der Waals surface area contributed by atoms with Gasteiger partial charge in [-0.05, 0) is 24.6 Å². The molecule has 2 aromatic rings. The van der Waals surface area contributed by atoms with Crippen molar-refractivity contribution in [2.45, 2.75) is 19.5 Å². The zero-order valence-electron chi connectivity index (χ0n) is 11.2. The van der Waals surface area contributed by atoms with E-state index in [1.807, 2.05) is 14.0 Å². The van der Waals surface area contributed by atoms with Gasteiger partial charge in [-0.25, -0.2) is 9.37 Å². The van der Waals surface area contributed by atoms with Crippen molar-refractivity contribution in [3.63, 3.8) is 0 Å². The summed E-state index contributed by atoms with van der Waals surface area (Å²) in [5.41, 5.74) is 0.953. The van der Waals surface area contributed by atoms with Crippen LogP contribution in [0.15, 0.2) is 24.5 Å². The first-order chi connectivity index (χ1) is 9.10. The summed E-state index contributed by atoms with van der Waals surface area (Å²) in [6.45, 7) is 2.55.